The highest BCUT2D eigenvalue weighted by atomic mass is 16.2. The van der Waals surface area contributed by atoms with Crippen LogP contribution in [0, 0.1) is 11.8 Å². The zero-order valence-corrected chi connectivity index (χ0v) is 11.3. The van der Waals surface area contributed by atoms with Gasteiger partial charge in [0.15, 0.2) is 0 Å². The highest BCUT2D eigenvalue weighted by Crippen LogP contribution is 2.34. The first-order valence-corrected chi connectivity index (χ1v) is 7.38. The van der Waals surface area contributed by atoms with Crippen LogP contribution in [-0.2, 0) is 6.54 Å². The number of amides is 2. The molecule has 1 saturated heterocycles. The second-order valence-corrected chi connectivity index (χ2v) is 5.95. The van der Waals surface area contributed by atoms with E-state index in [1.54, 1.807) is 0 Å². The van der Waals surface area contributed by atoms with Gasteiger partial charge in [-0.25, -0.2) is 4.79 Å². The fourth-order valence-electron chi connectivity index (χ4n) is 3.48. The lowest BCUT2D eigenvalue weighted by Gasteiger charge is -2.41. The molecule has 1 aliphatic carbocycles. The summed E-state index contributed by atoms with van der Waals surface area (Å²) in [6.07, 6.45) is 5.30. The molecule has 2 amide bonds. The van der Waals surface area contributed by atoms with Crippen molar-refractivity contribution in [3.63, 3.8) is 0 Å². The van der Waals surface area contributed by atoms with Crippen LogP contribution in [0.25, 0.3) is 0 Å². The number of nitrogens with one attached hydrogen (secondary N) is 1. The van der Waals surface area contributed by atoms with Gasteiger partial charge >= 0.3 is 6.03 Å². The number of hydrogen-bond acceptors (Lipinski definition) is 1. The molecule has 3 heteroatoms. The van der Waals surface area contributed by atoms with Gasteiger partial charge in [0.2, 0.25) is 0 Å². The third-order valence-corrected chi connectivity index (χ3v) is 4.42. The molecule has 19 heavy (non-hydrogen) atoms. The van der Waals surface area contributed by atoms with Gasteiger partial charge in [-0.05, 0) is 36.7 Å². The molecule has 2 fully saturated rings. The van der Waals surface area contributed by atoms with E-state index < -0.39 is 0 Å². The number of nitrogens with zero attached hydrogens (tertiary/aromatic N) is 1. The summed E-state index contributed by atoms with van der Waals surface area (Å²) in [4.78, 5) is 14.2. The average molecular weight is 258 g/mol. The Morgan fingerprint density at radius 3 is 2.53 bits per heavy atom. The zero-order chi connectivity index (χ0) is 13.1. The first-order chi connectivity index (χ1) is 9.31. The van der Waals surface area contributed by atoms with Crippen LogP contribution >= 0.6 is 0 Å². The number of piperidine rings is 1. The molecule has 0 aromatic heterocycles. The van der Waals surface area contributed by atoms with Gasteiger partial charge < -0.3 is 10.2 Å². The largest absolute Gasteiger partial charge is 0.334 e. The predicted octanol–water partition coefficient (Wildman–Crippen LogP) is 3.02. The van der Waals surface area contributed by atoms with E-state index in [1.165, 1.54) is 25.7 Å². The van der Waals surface area contributed by atoms with Crippen molar-refractivity contribution in [1.82, 2.24) is 10.2 Å². The van der Waals surface area contributed by atoms with Crippen molar-refractivity contribution < 1.29 is 4.79 Å². The smallest absolute Gasteiger partial charge is 0.317 e. The molecule has 1 aromatic carbocycles. The molecule has 1 aliphatic heterocycles. The molecule has 3 nitrogen and oxygen atoms in total. The molecule has 1 aromatic rings. The van der Waals surface area contributed by atoms with Gasteiger partial charge in [-0.3, -0.25) is 0 Å². The maximum Gasteiger partial charge on any atom is 0.317 e. The molecule has 1 heterocycles. The Balaban J connectivity index is 1.53. The lowest BCUT2D eigenvalue weighted by molar-refractivity contribution is 0.103. The summed E-state index contributed by atoms with van der Waals surface area (Å²) in [6, 6.07) is 10.2. The lowest BCUT2D eigenvalue weighted by Crippen LogP contribution is -2.49. The van der Waals surface area contributed by atoms with Crippen molar-refractivity contribution in [1.29, 1.82) is 0 Å². The number of benzene rings is 1. The minimum Gasteiger partial charge on any atom is -0.334 e. The third-order valence-electron chi connectivity index (χ3n) is 4.42. The second-order valence-electron chi connectivity index (χ2n) is 5.95. The second kappa shape index (κ2) is 5.64. The number of urea groups is 1. The number of likely N-dealkylation sites (tertiary alicyclic amines) is 1. The monoisotopic (exact) mass is 258 g/mol. The minimum absolute atomic E-state index is 0.112. The van der Waals surface area contributed by atoms with E-state index in [0.29, 0.717) is 6.54 Å². The summed E-state index contributed by atoms with van der Waals surface area (Å²) in [5.41, 5.74) is 1.16. The van der Waals surface area contributed by atoms with Crippen LogP contribution in [0.1, 0.15) is 31.2 Å². The van der Waals surface area contributed by atoms with E-state index in [4.69, 9.17) is 0 Å². The molecule has 2 aliphatic rings. The Bertz CT molecular complexity index is 420. The third kappa shape index (κ3) is 3.09. The highest BCUT2D eigenvalue weighted by molar-refractivity contribution is 5.74. The van der Waals surface area contributed by atoms with Crippen LogP contribution in [0.5, 0.6) is 0 Å². The van der Waals surface area contributed by atoms with Gasteiger partial charge in [0, 0.05) is 19.6 Å². The maximum atomic E-state index is 12.2. The van der Waals surface area contributed by atoms with E-state index in [1.807, 2.05) is 35.2 Å². The molecular weight excluding hydrogens is 236 g/mol. The number of carbonyl (C=O) groups is 1. The van der Waals surface area contributed by atoms with Gasteiger partial charge in [0.05, 0.1) is 0 Å². The van der Waals surface area contributed by atoms with Crippen LogP contribution < -0.4 is 5.32 Å². The summed E-state index contributed by atoms with van der Waals surface area (Å²) < 4.78 is 0. The molecule has 3 rings (SSSR count). The molecule has 102 valence electrons. The summed E-state index contributed by atoms with van der Waals surface area (Å²) in [6.45, 7) is 2.54. The molecule has 2 bridgehead atoms. The van der Waals surface area contributed by atoms with Gasteiger partial charge in [-0.15, -0.1) is 0 Å². The van der Waals surface area contributed by atoms with Crippen LogP contribution in [0.15, 0.2) is 30.3 Å². The fourth-order valence-corrected chi connectivity index (χ4v) is 3.48. The van der Waals surface area contributed by atoms with Crippen LogP contribution in [0.2, 0.25) is 0 Å². The average Bonchev–Trinajstić information content (AvgIpc) is 2.45. The number of rotatable bonds is 2. The first kappa shape index (κ1) is 12.5. The molecular formula is C16H22N2O. The maximum absolute atomic E-state index is 12.2. The van der Waals surface area contributed by atoms with E-state index in [-0.39, 0.29) is 6.03 Å². The van der Waals surface area contributed by atoms with Gasteiger partial charge in [0.1, 0.15) is 0 Å². The predicted molar refractivity (Wildman–Crippen MR) is 75.7 cm³/mol. The number of fused-ring (bicyclic) bond motifs is 2. The van der Waals surface area contributed by atoms with E-state index in [9.17, 15) is 4.79 Å². The van der Waals surface area contributed by atoms with Gasteiger partial charge in [-0.2, -0.15) is 0 Å². The zero-order valence-electron chi connectivity index (χ0n) is 11.3. The Morgan fingerprint density at radius 2 is 1.84 bits per heavy atom. The van der Waals surface area contributed by atoms with Gasteiger partial charge in [0.25, 0.3) is 0 Å². The van der Waals surface area contributed by atoms with E-state index in [0.717, 1.165) is 30.5 Å². The minimum atomic E-state index is 0.112. The van der Waals surface area contributed by atoms with E-state index in [2.05, 4.69) is 5.32 Å². The quantitative estimate of drug-likeness (QED) is 0.869. The van der Waals surface area contributed by atoms with Crippen molar-refractivity contribution in [2.45, 2.75) is 32.2 Å². The summed E-state index contributed by atoms with van der Waals surface area (Å²) in [5.74, 6) is 1.49. The summed E-state index contributed by atoms with van der Waals surface area (Å²) in [7, 11) is 0. The normalized spacial score (nSPS) is 26.0. The van der Waals surface area contributed by atoms with Crippen LogP contribution in [-0.4, -0.2) is 24.0 Å². The number of hydrogen-bond donors (Lipinski definition) is 1. The molecule has 2 unspecified atom stereocenters. The van der Waals surface area contributed by atoms with E-state index >= 15 is 0 Å². The Kier molecular flexibility index (Phi) is 3.72. The highest BCUT2D eigenvalue weighted by Gasteiger charge is 2.32. The molecule has 1 N–H and O–H groups in total. The molecule has 1 saturated carbocycles. The van der Waals surface area contributed by atoms with Crippen LogP contribution in [0.3, 0.4) is 0 Å². The topological polar surface area (TPSA) is 32.3 Å². The number of carbonyl (C=O) groups excluding carboxylic acids is 1. The fraction of sp³-hybridized carbons (Fsp3) is 0.562. The Labute approximate surface area is 115 Å². The van der Waals surface area contributed by atoms with Gasteiger partial charge in [-0.1, -0.05) is 36.8 Å². The van der Waals surface area contributed by atoms with Crippen molar-refractivity contribution >= 4 is 6.03 Å². The Hall–Kier alpha value is -1.51. The standard InChI is InChI=1S/C16H22N2O/c19-16(17-10-13-5-2-1-3-6-13)18-11-14-7-4-8-15(9-14)12-18/h1-3,5-6,14-15H,4,7-12H2,(H,17,19). The van der Waals surface area contributed by atoms with Crippen LogP contribution in [0.4, 0.5) is 4.79 Å². The van der Waals surface area contributed by atoms with Crippen molar-refractivity contribution in [3.05, 3.63) is 35.9 Å². The molecule has 0 radical (unpaired) electrons. The lowest BCUT2D eigenvalue weighted by atomic mass is 9.78. The van der Waals surface area contributed by atoms with Crippen molar-refractivity contribution in [2.75, 3.05) is 13.1 Å². The summed E-state index contributed by atoms with van der Waals surface area (Å²) in [5, 5.41) is 3.04. The summed E-state index contributed by atoms with van der Waals surface area (Å²) >= 11 is 0. The van der Waals surface area contributed by atoms with Crippen molar-refractivity contribution in [2.24, 2.45) is 11.8 Å². The Morgan fingerprint density at radius 1 is 1.16 bits per heavy atom. The molecule has 2 atom stereocenters. The first-order valence-electron chi connectivity index (χ1n) is 7.38. The SMILES string of the molecule is O=C(NCc1ccccc1)N1CC2CCCC(C2)C1. The molecule has 0 spiro atoms. The van der Waals surface area contributed by atoms with Crippen molar-refractivity contribution in [3.8, 4) is 0 Å².